The van der Waals surface area contributed by atoms with E-state index in [1.807, 2.05) is 6.92 Å². The zero-order chi connectivity index (χ0) is 11.6. The van der Waals surface area contributed by atoms with Gasteiger partial charge in [-0.2, -0.15) is 0 Å². The number of rotatable bonds is 3. The molecule has 0 radical (unpaired) electrons. The Balaban J connectivity index is 3.19. The minimum atomic E-state index is -0.693. The summed E-state index contributed by atoms with van der Waals surface area (Å²) in [6.45, 7) is 3.94. The fourth-order valence-electron chi connectivity index (χ4n) is 1.53. The van der Waals surface area contributed by atoms with Crippen LogP contribution in [0.4, 0.5) is 4.39 Å². The molecule has 1 unspecified atom stereocenters. The van der Waals surface area contributed by atoms with Crippen LogP contribution in [-0.2, 0) is 0 Å². The maximum atomic E-state index is 13.4. The van der Waals surface area contributed by atoms with Gasteiger partial charge in [-0.05, 0) is 49.6 Å². The quantitative estimate of drug-likeness (QED) is 0.891. The van der Waals surface area contributed by atoms with E-state index in [-0.39, 0.29) is 5.82 Å². The SMILES string of the molecule is Cc1c(F)cc(C(O)CCN)c(C)c1Br. The van der Waals surface area contributed by atoms with Gasteiger partial charge in [0.15, 0.2) is 0 Å². The van der Waals surface area contributed by atoms with Crippen molar-refractivity contribution in [1.82, 2.24) is 0 Å². The Morgan fingerprint density at radius 1 is 1.47 bits per heavy atom. The second kappa shape index (κ2) is 5.05. The van der Waals surface area contributed by atoms with Crippen molar-refractivity contribution in [3.05, 3.63) is 33.0 Å². The third kappa shape index (κ3) is 2.56. The number of nitrogens with two attached hydrogens (primary N) is 1. The molecule has 0 heterocycles. The Morgan fingerprint density at radius 2 is 2.07 bits per heavy atom. The largest absolute Gasteiger partial charge is 0.388 e. The zero-order valence-electron chi connectivity index (χ0n) is 8.85. The molecule has 0 aromatic heterocycles. The summed E-state index contributed by atoms with van der Waals surface area (Å²) >= 11 is 3.32. The number of aliphatic hydroxyl groups is 1. The highest BCUT2D eigenvalue weighted by molar-refractivity contribution is 9.10. The summed E-state index contributed by atoms with van der Waals surface area (Å²) < 4.78 is 14.2. The van der Waals surface area contributed by atoms with Crippen LogP contribution in [0, 0.1) is 19.7 Å². The molecule has 0 aliphatic heterocycles. The summed E-state index contributed by atoms with van der Waals surface area (Å²) in [5.41, 5.74) is 7.40. The van der Waals surface area contributed by atoms with Crippen molar-refractivity contribution in [2.45, 2.75) is 26.4 Å². The van der Waals surface area contributed by atoms with E-state index in [1.165, 1.54) is 6.07 Å². The number of hydrogen-bond acceptors (Lipinski definition) is 2. The van der Waals surface area contributed by atoms with Crippen molar-refractivity contribution < 1.29 is 9.50 Å². The average molecular weight is 276 g/mol. The smallest absolute Gasteiger partial charge is 0.127 e. The van der Waals surface area contributed by atoms with Crippen LogP contribution >= 0.6 is 15.9 Å². The molecule has 0 spiro atoms. The maximum absolute atomic E-state index is 13.4. The predicted octanol–water partition coefficient (Wildman–Crippen LogP) is 2.59. The molecule has 0 fully saturated rings. The standard InChI is InChI=1S/C11H15BrFNO/c1-6-8(10(15)3-4-14)5-9(13)7(2)11(6)12/h5,10,15H,3-4,14H2,1-2H3. The normalized spacial score (nSPS) is 12.9. The molecule has 2 nitrogen and oxygen atoms in total. The first-order valence-corrected chi connectivity index (χ1v) is 5.61. The highest BCUT2D eigenvalue weighted by Gasteiger charge is 2.15. The van der Waals surface area contributed by atoms with Crippen LogP contribution in [0.5, 0.6) is 0 Å². The van der Waals surface area contributed by atoms with Crippen LogP contribution < -0.4 is 5.73 Å². The molecule has 1 aromatic rings. The Bertz CT molecular complexity index is 368. The molecule has 0 aliphatic carbocycles. The molecule has 0 amide bonds. The molecular weight excluding hydrogens is 261 g/mol. The van der Waals surface area contributed by atoms with Gasteiger partial charge in [-0.15, -0.1) is 0 Å². The number of benzene rings is 1. The lowest BCUT2D eigenvalue weighted by Gasteiger charge is -2.16. The van der Waals surface area contributed by atoms with Gasteiger partial charge in [0.05, 0.1) is 6.10 Å². The van der Waals surface area contributed by atoms with Crippen LogP contribution in [0.15, 0.2) is 10.5 Å². The van der Waals surface area contributed by atoms with Crippen LogP contribution in [0.25, 0.3) is 0 Å². The monoisotopic (exact) mass is 275 g/mol. The van der Waals surface area contributed by atoms with E-state index >= 15 is 0 Å². The van der Waals surface area contributed by atoms with Gasteiger partial charge in [0.2, 0.25) is 0 Å². The van der Waals surface area contributed by atoms with Crippen molar-refractivity contribution in [2.24, 2.45) is 5.73 Å². The Labute approximate surface area is 97.4 Å². The van der Waals surface area contributed by atoms with Gasteiger partial charge in [0, 0.05) is 4.47 Å². The van der Waals surface area contributed by atoms with Gasteiger partial charge < -0.3 is 10.8 Å². The Kier molecular flexibility index (Phi) is 4.25. The highest BCUT2D eigenvalue weighted by Crippen LogP contribution is 2.30. The van der Waals surface area contributed by atoms with Gasteiger partial charge in [-0.25, -0.2) is 4.39 Å². The van der Waals surface area contributed by atoms with E-state index in [9.17, 15) is 9.50 Å². The van der Waals surface area contributed by atoms with Gasteiger partial charge in [-0.3, -0.25) is 0 Å². The fourth-order valence-corrected chi connectivity index (χ4v) is 1.94. The van der Waals surface area contributed by atoms with Crippen molar-refractivity contribution in [2.75, 3.05) is 6.54 Å². The molecular formula is C11H15BrFNO. The molecule has 0 saturated heterocycles. The summed E-state index contributed by atoms with van der Waals surface area (Å²) in [7, 11) is 0. The Morgan fingerprint density at radius 3 is 2.60 bits per heavy atom. The summed E-state index contributed by atoms with van der Waals surface area (Å²) in [4.78, 5) is 0. The first-order valence-electron chi connectivity index (χ1n) is 4.82. The molecule has 0 aliphatic rings. The van der Waals surface area contributed by atoms with Gasteiger partial charge in [0.25, 0.3) is 0 Å². The molecule has 3 N–H and O–H groups in total. The van der Waals surface area contributed by atoms with E-state index in [0.29, 0.717) is 28.6 Å². The number of hydrogen-bond donors (Lipinski definition) is 2. The molecule has 1 rings (SSSR count). The van der Waals surface area contributed by atoms with Gasteiger partial charge in [0.1, 0.15) is 5.82 Å². The van der Waals surface area contributed by atoms with Crippen LogP contribution in [0.2, 0.25) is 0 Å². The predicted molar refractivity (Wildman–Crippen MR) is 62.2 cm³/mol. The van der Waals surface area contributed by atoms with Crippen LogP contribution in [-0.4, -0.2) is 11.7 Å². The van der Waals surface area contributed by atoms with Crippen molar-refractivity contribution in [3.63, 3.8) is 0 Å². The first kappa shape index (κ1) is 12.6. The molecule has 4 heteroatoms. The first-order chi connectivity index (χ1) is 6.99. The Hall–Kier alpha value is -0.450. The van der Waals surface area contributed by atoms with E-state index in [0.717, 1.165) is 5.56 Å². The third-order valence-electron chi connectivity index (χ3n) is 2.53. The third-order valence-corrected chi connectivity index (χ3v) is 3.72. The van der Waals surface area contributed by atoms with E-state index < -0.39 is 6.10 Å². The van der Waals surface area contributed by atoms with Gasteiger partial charge in [-0.1, -0.05) is 15.9 Å². The summed E-state index contributed by atoms with van der Waals surface area (Å²) in [5.74, 6) is -0.307. The second-order valence-corrected chi connectivity index (χ2v) is 4.40. The molecule has 0 bridgehead atoms. The van der Waals surface area contributed by atoms with Crippen LogP contribution in [0.3, 0.4) is 0 Å². The minimum Gasteiger partial charge on any atom is -0.388 e. The highest BCUT2D eigenvalue weighted by atomic mass is 79.9. The fraction of sp³-hybridized carbons (Fsp3) is 0.455. The van der Waals surface area contributed by atoms with E-state index in [1.54, 1.807) is 6.92 Å². The number of halogens is 2. The molecule has 15 heavy (non-hydrogen) atoms. The lowest BCUT2D eigenvalue weighted by molar-refractivity contribution is 0.169. The van der Waals surface area contributed by atoms with Crippen molar-refractivity contribution in [3.8, 4) is 0 Å². The summed E-state index contributed by atoms with van der Waals surface area (Å²) in [6, 6.07) is 1.38. The van der Waals surface area contributed by atoms with E-state index in [2.05, 4.69) is 15.9 Å². The topological polar surface area (TPSA) is 46.2 Å². The second-order valence-electron chi connectivity index (χ2n) is 3.60. The lowest BCUT2D eigenvalue weighted by Crippen LogP contribution is -2.09. The summed E-state index contributed by atoms with van der Waals surface area (Å²) in [5, 5.41) is 9.77. The molecule has 1 aromatic carbocycles. The van der Waals surface area contributed by atoms with Crippen molar-refractivity contribution in [1.29, 1.82) is 0 Å². The zero-order valence-corrected chi connectivity index (χ0v) is 10.4. The molecule has 0 saturated carbocycles. The van der Waals surface area contributed by atoms with Gasteiger partial charge >= 0.3 is 0 Å². The lowest BCUT2D eigenvalue weighted by atomic mass is 9.99. The van der Waals surface area contributed by atoms with Crippen LogP contribution in [0.1, 0.15) is 29.2 Å². The summed E-state index contributed by atoms with van der Waals surface area (Å²) in [6.07, 6.45) is -0.253. The number of aliphatic hydroxyl groups excluding tert-OH is 1. The minimum absolute atomic E-state index is 0.307. The van der Waals surface area contributed by atoms with E-state index in [4.69, 9.17) is 5.73 Å². The molecule has 1 atom stereocenters. The molecule has 84 valence electrons. The maximum Gasteiger partial charge on any atom is 0.127 e. The van der Waals surface area contributed by atoms with Crippen molar-refractivity contribution >= 4 is 15.9 Å². The average Bonchev–Trinajstić information content (AvgIpc) is 2.20.